The summed E-state index contributed by atoms with van der Waals surface area (Å²) in [6, 6.07) is 0. The van der Waals surface area contributed by atoms with Crippen LogP contribution in [0.2, 0.25) is 0 Å². The Morgan fingerprint density at radius 2 is 1.83 bits per heavy atom. The van der Waals surface area contributed by atoms with Crippen LogP contribution in [0, 0.1) is 5.92 Å². The summed E-state index contributed by atoms with van der Waals surface area (Å²) in [5.74, 6) is 0.724. The predicted molar refractivity (Wildman–Crippen MR) is 73.8 cm³/mol. The Morgan fingerprint density at radius 1 is 1.22 bits per heavy atom. The summed E-state index contributed by atoms with van der Waals surface area (Å²) in [5.41, 5.74) is 0. The molecule has 4 heteroatoms. The molecule has 2 fully saturated rings. The molecule has 104 valence electrons. The zero-order chi connectivity index (χ0) is 13.0. The number of Topliss-reactive ketones (excluding diaryl/α,β-unsaturated/α-hetero) is 1. The van der Waals surface area contributed by atoms with E-state index in [9.17, 15) is 4.79 Å². The first-order valence-electron chi connectivity index (χ1n) is 6.96. The Kier molecular flexibility index (Phi) is 5.52. The largest absolute Gasteiger partial charge is 0.356 e. The number of fused-ring (bicyclic) bond motifs is 2. The molecule has 0 radical (unpaired) electrons. The van der Waals surface area contributed by atoms with E-state index < -0.39 is 0 Å². The summed E-state index contributed by atoms with van der Waals surface area (Å²) < 4.78 is 10.3. The van der Waals surface area contributed by atoms with Crippen LogP contribution in [-0.2, 0) is 14.3 Å². The highest BCUT2D eigenvalue weighted by Gasteiger charge is 2.35. The Bertz CT molecular complexity index is 266. The molecule has 0 spiro atoms. The van der Waals surface area contributed by atoms with Gasteiger partial charge in [0.15, 0.2) is 6.29 Å². The van der Waals surface area contributed by atoms with Gasteiger partial charge < -0.3 is 9.47 Å². The second-order valence-corrected chi connectivity index (χ2v) is 6.99. The molecule has 0 aromatic rings. The van der Waals surface area contributed by atoms with Crippen molar-refractivity contribution in [3.63, 3.8) is 0 Å². The average molecular weight is 272 g/mol. The molecule has 0 aromatic heterocycles. The van der Waals surface area contributed by atoms with Crippen molar-refractivity contribution in [1.29, 1.82) is 0 Å². The minimum atomic E-state index is -0.230. The van der Waals surface area contributed by atoms with Gasteiger partial charge in [-0.05, 0) is 25.7 Å². The molecular weight excluding hydrogens is 248 g/mol. The van der Waals surface area contributed by atoms with Crippen LogP contribution in [0.5, 0.6) is 0 Å². The van der Waals surface area contributed by atoms with Gasteiger partial charge in [0.2, 0.25) is 0 Å². The van der Waals surface area contributed by atoms with E-state index in [2.05, 4.69) is 11.8 Å². The summed E-state index contributed by atoms with van der Waals surface area (Å²) in [4.78, 5) is 12.2. The van der Waals surface area contributed by atoms with E-state index in [0.717, 1.165) is 23.3 Å². The highest BCUT2D eigenvalue weighted by molar-refractivity contribution is 8.00. The van der Waals surface area contributed by atoms with Crippen molar-refractivity contribution in [3.8, 4) is 0 Å². The molecule has 0 N–H and O–H groups in total. The van der Waals surface area contributed by atoms with E-state index in [-0.39, 0.29) is 6.29 Å². The quantitative estimate of drug-likeness (QED) is 0.696. The fraction of sp³-hybridized carbons (Fsp3) is 0.929. The van der Waals surface area contributed by atoms with Crippen LogP contribution < -0.4 is 0 Å². The van der Waals surface area contributed by atoms with Gasteiger partial charge in [0.1, 0.15) is 5.78 Å². The topological polar surface area (TPSA) is 35.5 Å². The third-order valence-electron chi connectivity index (χ3n) is 4.14. The zero-order valence-electron chi connectivity index (χ0n) is 11.4. The Labute approximate surface area is 114 Å². The third-order valence-corrected chi connectivity index (χ3v) is 5.77. The first-order chi connectivity index (χ1) is 8.72. The summed E-state index contributed by atoms with van der Waals surface area (Å²) in [5, 5.41) is 1.49. The van der Waals surface area contributed by atoms with Crippen molar-refractivity contribution in [1.82, 2.24) is 0 Å². The van der Waals surface area contributed by atoms with Crippen molar-refractivity contribution >= 4 is 17.5 Å². The molecule has 2 bridgehead atoms. The molecule has 2 heterocycles. The standard InChI is InChI=1S/C14H24O3S/c1-16-14(17-2)7-6-13(15)10-8-11-4-3-5-12(9-10)18-11/h10-12,14H,3-9H2,1-2H3. The minimum Gasteiger partial charge on any atom is -0.356 e. The lowest BCUT2D eigenvalue weighted by molar-refractivity contribution is -0.130. The summed E-state index contributed by atoms with van der Waals surface area (Å²) >= 11 is 2.13. The predicted octanol–water partition coefficient (Wildman–Crippen LogP) is 3.02. The fourth-order valence-electron chi connectivity index (χ4n) is 3.12. The minimum absolute atomic E-state index is 0.230. The summed E-state index contributed by atoms with van der Waals surface area (Å²) in [6.07, 6.45) is 7.24. The molecule has 2 aliphatic heterocycles. The number of thioether (sulfide) groups is 1. The number of ether oxygens (including phenoxy) is 2. The van der Waals surface area contributed by atoms with Crippen LogP contribution in [0.25, 0.3) is 0 Å². The van der Waals surface area contributed by atoms with E-state index in [1.54, 1.807) is 14.2 Å². The first-order valence-corrected chi connectivity index (χ1v) is 7.91. The molecule has 3 nitrogen and oxygen atoms in total. The number of ketones is 1. The second-order valence-electron chi connectivity index (χ2n) is 5.39. The van der Waals surface area contributed by atoms with Crippen molar-refractivity contribution in [2.75, 3.05) is 14.2 Å². The van der Waals surface area contributed by atoms with E-state index in [1.165, 1.54) is 19.3 Å². The van der Waals surface area contributed by atoms with Gasteiger partial charge in [0.05, 0.1) is 0 Å². The number of hydrogen-bond donors (Lipinski definition) is 0. The monoisotopic (exact) mass is 272 g/mol. The Balaban J connectivity index is 1.78. The highest BCUT2D eigenvalue weighted by atomic mass is 32.2. The average Bonchev–Trinajstić information content (AvgIpc) is 2.39. The molecule has 2 aliphatic rings. The van der Waals surface area contributed by atoms with Crippen molar-refractivity contribution in [2.24, 2.45) is 5.92 Å². The maximum absolute atomic E-state index is 12.2. The van der Waals surface area contributed by atoms with Gasteiger partial charge in [-0.25, -0.2) is 0 Å². The lowest BCUT2D eigenvalue weighted by Crippen LogP contribution is -2.33. The molecule has 0 aliphatic carbocycles. The second kappa shape index (κ2) is 6.92. The molecule has 0 amide bonds. The van der Waals surface area contributed by atoms with Gasteiger partial charge in [-0.2, -0.15) is 11.8 Å². The van der Waals surface area contributed by atoms with E-state index in [1.807, 2.05) is 0 Å². The molecular formula is C14H24O3S. The first kappa shape index (κ1) is 14.4. The van der Waals surface area contributed by atoms with Gasteiger partial charge >= 0.3 is 0 Å². The van der Waals surface area contributed by atoms with Gasteiger partial charge in [-0.3, -0.25) is 4.79 Å². The maximum Gasteiger partial charge on any atom is 0.157 e. The number of hydrogen-bond acceptors (Lipinski definition) is 4. The van der Waals surface area contributed by atoms with Crippen molar-refractivity contribution in [2.45, 2.75) is 61.7 Å². The van der Waals surface area contributed by atoms with Crippen LogP contribution in [0.3, 0.4) is 0 Å². The van der Waals surface area contributed by atoms with E-state index in [0.29, 0.717) is 24.5 Å². The van der Waals surface area contributed by atoms with Crippen LogP contribution in [-0.4, -0.2) is 36.8 Å². The van der Waals surface area contributed by atoms with Crippen molar-refractivity contribution in [3.05, 3.63) is 0 Å². The molecule has 0 saturated carbocycles. The smallest absolute Gasteiger partial charge is 0.157 e. The molecule has 2 unspecified atom stereocenters. The lowest BCUT2D eigenvalue weighted by Gasteiger charge is -2.38. The molecule has 2 saturated heterocycles. The fourth-order valence-corrected chi connectivity index (χ4v) is 4.95. The van der Waals surface area contributed by atoms with Crippen LogP contribution in [0.15, 0.2) is 0 Å². The van der Waals surface area contributed by atoms with E-state index >= 15 is 0 Å². The van der Waals surface area contributed by atoms with Crippen LogP contribution >= 0.6 is 11.8 Å². The van der Waals surface area contributed by atoms with Crippen LogP contribution in [0.1, 0.15) is 44.9 Å². The SMILES string of the molecule is COC(CCC(=O)C1CC2CCCC(C1)S2)OC. The molecule has 0 aromatic carbocycles. The third kappa shape index (κ3) is 3.72. The van der Waals surface area contributed by atoms with Gasteiger partial charge in [-0.15, -0.1) is 0 Å². The van der Waals surface area contributed by atoms with Gasteiger partial charge in [-0.1, -0.05) is 6.42 Å². The van der Waals surface area contributed by atoms with Crippen LogP contribution in [0.4, 0.5) is 0 Å². The lowest BCUT2D eigenvalue weighted by atomic mass is 9.85. The summed E-state index contributed by atoms with van der Waals surface area (Å²) in [6.45, 7) is 0. The highest BCUT2D eigenvalue weighted by Crippen LogP contribution is 2.44. The van der Waals surface area contributed by atoms with Gasteiger partial charge in [0.25, 0.3) is 0 Å². The zero-order valence-corrected chi connectivity index (χ0v) is 12.2. The molecule has 2 rings (SSSR count). The summed E-state index contributed by atoms with van der Waals surface area (Å²) in [7, 11) is 3.25. The number of methoxy groups -OCH3 is 2. The maximum atomic E-state index is 12.2. The number of carbonyl (C=O) groups is 1. The number of rotatable bonds is 6. The molecule has 18 heavy (non-hydrogen) atoms. The number of carbonyl (C=O) groups excluding carboxylic acids is 1. The van der Waals surface area contributed by atoms with Gasteiger partial charge in [0, 0.05) is 43.5 Å². The Morgan fingerprint density at radius 3 is 2.39 bits per heavy atom. The van der Waals surface area contributed by atoms with Crippen molar-refractivity contribution < 1.29 is 14.3 Å². The van der Waals surface area contributed by atoms with E-state index in [4.69, 9.17) is 9.47 Å². The normalized spacial score (nSPS) is 31.6. The Hall–Kier alpha value is -0.0600. The molecule has 2 atom stereocenters.